The highest BCUT2D eigenvalue weighted by molar-refractivity contribution is 6.08. The van der Waals surface area contributed by atoms with Gasteiger partial charge in [0.25, 0.3) is 0 Å². The number of carbonyl (C=O) groups is 1. The van der Waals surface area contributed by atoms with Gasteiger partial charge in [0.2, 0.25) is 5.91 Å². The summed E-state index contributed by atoms with van der Waals surface area (Å²) in [6.07, 6.45) is 10.4. The van der Waals surface area contributed by atoms with E-state index >= 15 is 0 Å². The first-order valence-corrected chi connectivity index (χ1v) is 13.4. The van der Waals surface area contributed by atoms with Crippen LogP contribution in [0.4, 0.5) is 10.1 Å². The highest BCUT2D eigenvalue weighted by Crippen LogP contribution is 2.55. The molecule has 2 aromatic rings. The number of phenolic OH excluding ortho intramolecular Hbond substituents is 1. The van der Waals surface area contributed by atoms with Crippen LogP contribution in [0.3, 0.4) is 0 Å². The van der Waals surface area contributed by atoms with Crippen LogP contribution in [0.5, 0.6) is 5.75 Å². The van der Waals surface area contributed by atoms with Crippen LogP contribution in [-0.2, 0) is 11.2 Å². The summed E-state index contributed by atoms with van der Waals surface area (Å²) < 4.78 is 13.3. The average molecular weight is 504 g/mol. The Morgan fingerprint density at radius 1 is 1.30 bits per heavy atom. The van der Waals surface area contributed by atoms with Gasteiger partial charge in [0.15, 0.2) is 0 Å². The number of nitrogens with one attached hydrogen (secondary N) is 2. The average Bonchev–Trinajstić information content (AvgIpc) is 3.18. The number of allylic oxidation sites excluding steroid dienone is 2. The third-order valence-electron chi connectivity index (χ3n) is 8.15. The number of benzene rings is 2. The van der Waals surface area contributed by atoms with Crippen LogP contribution in [0.25, 0.3) is 0 Å². The molecule has 0 bridgehead atoms. The summed E-state index contributed by atoms with van der Waals surface area (Å²) in [5, 5.41) is 21.1. The number of fused-ring (bicyclic) bond motifs is 1. The van der Waals surface area contributed by atoms with Crippen molar-refractivity contribution in [2.75, 3.05) is 0 Å². The van der Waals surface area contributed by atoms with Crippen molar-refractivity contribution in [3.05, 3.63) is 71.6 Å². The van der Waals surface area contributed by atoms with Crippen molar-refractivity contribution in [3.63, 3.8) is 0 Å². The SMILES string of the molecule is CCCC(CC1CCC2=CC(=Nc3ccc(F)cc3)C(C=N)CC21C)NC(=O)CCc1cccc(O)c1. The number of carbonyl (C=O) groups excluding carboxylic acids is 1. The van der Waals surface area contributed by atoms with Crippen molar-refractivity contribution < 1.29 is 14.3 Å². The summed E-state index contributed by atoms with van der Waals surface area (Å²) in [5.41, 5.74) is 3.89. The lowest BCUT2D eigenvalue weighted by Gasteiger charge is -2.40. The van der Waals surface area contributed by atoms with E-state index in [1.54, 1.807) is 30.3 Å². The number of nitrogens with zero attached hydrogens (tertiary/aromatic N) is 1. The minimum Gasteiger partial charge on any atom is -0.508 e. The van der Waals surface area contributed by atoms with Gasteiger partial charge in [-0.25, -0.2) is 4.39 Å². The highest BCUT2D eigenvalue weighted by Gasteiger charge is 2.47. The molecule has 1 fully saturated rings. The monoisotopic (exact) mass is 503 g/mol. The quantitative estimate of drug-likeness (QED) is 0.307. The lowest BCUT2D eigenvalue weighted by molar-refractivity contribution is -0.122. The number of hydrogen-bond donors (Lipinski definition) is 3. The fourth-order valence-electron chi connectivity index (χ4n) is 6.09. The molecule has 2 aliphatic rings. The Hall–Kier alpha value is -3.28. The summed E-state index contributed by atoms with van der Waals surface area (Å²) in [5.74, 6) is 0.336. The predicted molar refractivity (Wildman–Crippen MR) is 147 cm³/mol. The number of rotatable bonds is 10. The van der Waals surface area contributed by atoms with Gasteiger partial charge in [-0.05, 0) is 97.9 Å². The van der Waals surface area contributed by atoms with Crippen LogP contribution in [0, 0.1) is 28.5 Å². The summed E-state index contributed by atoms with van der Waals surface area (Å²) in [6.45, 7) is 4.46. The van der Waals surface area contributed by atoms with Gasteiger partial charge < -0.3 is 15.8 Å². The Balaban J connectivity index is 1.44. The number of aliphatic imine (C=N–C) groups is 1. The molecule has 1 amide bonds. The number of phenols is 1. The Labute approximate surface area is 219 Å². The zero-order valence-electron chi connectivity index (χ0n) is 21.8. The van der Waals surface area contributed by atoms with Crippen LogP contribution in [0.1, 0.15) is 64.4 Å². The molecule has 5 nitrogen and oxygen atoms in total. The van der Waals surface area contributed by atoms with Crippen LogP contribution < -0.4 is 5.32 Å². The third kappa shape index (κ3) is 6.54. The molecule has 0 heterocycles. The van der Waals surface area contributed by atoms with Gasteiger partial charge in [0.05, 0.1) is 5.69 Å². The van der Waals surface area contributed by atoms with Gasteiger partial charge in [-0.2, -0.15) is 0 Å². The topological polar surface area (TPSA) is 85.5 Å². The molecule has 0 radical (unpaired) electrons. The molecule has 0 aromatic heterocycles. The van der Waals surface area contributed by atoms with Crippen molar-refractivity contribution in [2.24, 2.45) is 22.2 Å². The zero-order chi connectivity index (χ0) is 26.4. The first kappa shape index (κ1) is 26.8. The molecular weight excluding hydrogens is 465 g/mol. The van der Waals surface area contributed by atoms with Crippen LogP contribution in [0.15, 0.2) is 65.2 Å². The van der Waals surface area contributed by atoms with Gasteiger partial charge in [-0.1, -0.05) is 38.0 Å². The van der Waals surface area contributed by atoms with Crippen molar-refractivity contribution in [1.82, 2.24) is 5.32 Å². The van der Waals surface area contributed by atoms with Gasteiger partial charge in [0.1, 0.15) is 11.6 Å². The second-order valence-electron chi connectivity index (χ2n) is 10.8. The third-order valence-corrected chi connectivity index (χ3v) is 8.15. The van der Waals surface area contributed by atoms with Crippen molar-refractivity contribution in [1.29, 1.82) is 5.41 Å². The molecular formula is C31H38FN3O2. The highest BCUT2D eigenvalue weighted by atomic mass is 19.1. The molecule has 196 valence electrons. The smallest absolute Gasteiger partial charge is 0.220 e. The van der Waals surface area contributed by atoms with E-state index in [4.69, 9.17) is 10.4 Å². The van der Waals surface area contributed by atoms with Gasteiger partial charge >= 0.3 is 0 Å². The molecule has 2 aromatic carbocycles. The molecule has 0 aliphatic heterocycles. The first-order valence-electron chi connectivity index (χ1n) is 13.4. The standard InChI is InChI=1S/C31H38FN3O2/c1-3-5-27(35-30(37)15-8-21-6-4-7-28(36)16-21)17-23-9-10-24-18-29(22(20-33)19-31(23,24)2)34-26-13-11-25(32)12-14-26/h4,6-7,11-14,16,18,20,22-23,27,33,36H,3,5,8-10,15,17,19H2,1-2H3,(H,35,37). The maximum absolute atomic E-state index is 13.3. The maximum Gasteiger partial charge on any atom is 0.220 e. The lowest BCUT2D eigenvalue weighted by Crippen LogP contribution is -2.40. The van der Waals surface area contributed by atoms with E-state index in [0.717, 1.165) is 49.8 Å². The van der Waals surface area contributed by atoms with E-state index in [2.05, 4.69) is 25.2 Å². The number of aromatic hydroxyl groups is 1. The minimum atomic E-state index is -0.283. The summed E-state index contributed by atoms with van der Waals surface area (Å²) in [6, 6.07) is 13.4. The van der Waals surface area contributed by atoms with E-state index in [-0.39, 0.29) is 34.8 Å². The first-order chi connectivity index (χ1) is 17.8. The van der Waals surface area contributed by atoms with E-state index in [0.29, 0.717) is 24.4 Å². The molecule has 3 N–H and O–H groups in total. The number of hydrogen-bond acceptors (Lipinski definition) is 4. The Kier molecular flexibility index (Phi) is 8.57. The Morgan fingerprint density at radius 2 is 2.08 bits per heavy atom. The van der Waals surface area contributed by atoms with E-state index in [1.807, 2.05) is 6.07 Å². The fraction of sp³-hybridized carbons (Fsp3) is 0.452. The van der Waals surface area contributed by atoms with Crippen molar-refractivity contribution in [3.8, 4) is 5.75 Å². The summed E-state index contributed by atoms with van der Waals surface area (Å²) in [7, 11) is 0. The normalized spacial score (nSPS) is 24.8. The van der Waals surface area contributed by atoms with Crippen LogP contribution in [-0.4, -0.2) is 29.0 Å². The molecule has 0 saturated heterocycles. The largest absolute Gasteiger partial charge is 0.508 e. The van der Waals surface area contributed by atoms with Crippen molar-refractivity contribution >= 4 is 23.5 Å². The number of amides is 1. The lowest BCUT2D eigenvalue weighted by atomic mass is 9.65. The molecule has 4 atom stereocenters. The van der Waals surface area contributed by atoms with Gasteiger partial charge in [-0.15, -0.1) is 0 Å². The van der Waals surface area contributed by atoms with E-state index < -0.39 is 0 Å². The van der Waals surface area contributed by atoms with Crippen LogP contribution in [0.2, 0.25) is 0 Å². The second kappa shape index (κ2) is 11.8. The second-order valence-corrected chi connectivity index (χ2v) is 10.8. The zero-order valence-corrected chi connectivity index (χ0v) is 21.8. The molecule has 6 heteroatoms. The van der Waals surface area contributed by atoms with Gasteiger partial charge in [-0.3, -0.25) is 9.79 Å². The van der Waals surface area contributed by atoms with Crippen LogP contribution >= 0.6 is 0 Å². The van der Waals surface area contributed by atoms with Crippen molar-refractivity contribution in [2.45, 2.75) is 71.3 Å². The molecule has 0 spiro atoms. The number of halogens is 1. The van der Waals surface area contributed by atoms with E-state index in [1.165, 1.54) is 23.9 Å². The molecule has 37 heavy (non-hydrogen) atoms. The van der Waals surface area contributed by atoms with E-state index in [9.17, 15) is 14.3 Å². The summed E-state index contributed by atoms with van der Waals surface area (Å²) in [4.78, 5) is 17.6. The fourth-order valence-corrected chi connectivity index (χ4v) is 6.09. The Bertz CT molecular complexity index is 1170. The number of aryl methyl sites for hydroxylation is 1. The molecule has 1 saturated carbocycles. The Morgan fingerprint density at radius 3 is 2.78 bits per heavy atom. The predicted octanol–water partition coefficient (Wildman–Crippen LogP) is 6.92. The maximum atomic E-state index is 13.3. The molecule has 2 aliphatic carbocycles. The molecule has 4 rings (SSSR count). The van der Waals surface area contributed by atoms with Gasteiger partial charge in [0, 0.05) is 30.3 Å². The summed E-state index contributed by atoms with van der Waals surface area (Å²) >= 11 is 0. The minimum absolute atomic E-state index is 0.0255. The molecule has 4 unspecified atom stereocenters.